The number of fused-ring (bicyclic) bond motifs is 3. The second kappa shape index (κ2) is 7.18. The predicted molar refractivity (Wildman–Crippen MR) is 113 cm³/mol. The Bertz CT molecular complexity index is 979. The number of nitrogens with one attached hydrogen (secondary N) is 1. The molecule has 5 rings (SSSR count). The van der Waals surface area contributed by atoms with Gasteiger partial charge in [-0.2, -0.15) is 0 Å². The van der Waals surface area contributed by atoms with E-state index < -0.39 is 6.09 Å². The molecular weight excluding hydrogens is 366 g/mol. The number of nitrogens with zero attached hydrogens (tertiary/aromatic N) is 2. The van der Waals surface area contributed by atoms with E-state index in [4.69, 9.17) is 9.84 Å². The summed E-state index contributed by atoms with van der Waals surface area (Å²) in [7, 11) is 0. The number of para-hydroxylation sites is 1. The first-order valence-corrected chi connectivity index (χ1v) is 10.8. The minimum atomic E-state index is -0.483. The van der Waals surface area contributed by atoms with Crippen LogP contribution in [0.25, 0.3) is 16.6 Å². The molecule has 1 aromatic heterocycles. The summed E-state index contributed by atoms with van der Waals surface area (Å²) < 4.78 is 7.91. The summed E-state index contributed by atoms with van der Waals surface area (Å²) in [6.07, 6.45) is 6.45. The van der Waals surface area contributed by atoms with Gasteiger partial charge in [0.1, 0.15) is 6.61 Å². The number of carbonyl (C=O) groups is 1. The van der Waals surface area contributed by atoms with Crippen molar-refractivity contribution in [1.82, 2.24) is 14.8 Å². The summed E-state index contributed by atoms with van der Waals surface area (Å²) >= 11 is 0. The van der Waals surface area contributed by atoms with E-state index in [1.54, 1.807) is 0 Å². The average molecular weight is 396 g/mol. The summed E-state index contributed by atoms with van der Waals surface area (Å²) in [4.78, 5) is 14.7. The highest BCUT2D eigenvalue weighted by atomic mass is 16.5. The first-order chi connectivity index (χ1) is 14.2. The van der Waals surface area contributed by atoms with E-state index in [0.717, 1.165) is 31.6 Å². The molecule has 0 spiro atoms. The predicted octanol–water partition coefficient (Wildman–Crippen LogP) is 3.30. The molecular formula is C23H29N3O3. The molecule has 0 bridgehead atoms. The molecule has 1 aromatic carbocycles. The first-order valence-electron chi connectivity index (χ1n) is 10.8. The van der Waals surface area contributed by atoms with Crippen LogP contribution in [0.1, 0.15) is 43.5 Å². The van der Waals surface area contributed by atoms with Gasteiger partial charge in [-0.05, 0) is 43.9 Å². The molecule has 29 heavy (non-hydrogen) atoms. The molecule has 2 atom stereocenters. The lowest BCUT2D eigenvalue weighted by atomic mass is 9.66. The number of benzene rings is 1. The molecule has 154 valence electrons. The van der Waals surface area contributed by atoms with Crippen molar-refractivity contribution in [2.45, 2.75) is 38.6 Å². The number of hydrogen-bond donors (Lipinski definition) is 2. The summed E-state index contributed by atoms with van der Waals surface area (Å²) in [5, 5.41) is 12.8. The molecule has 4 heterocycles. The highest BCUT2D eigenvalue weighted by molar-refractivity contribution is 5.90. The topological polar surface area (TPSA) is 66.7 Å². The Kier molecular flexibility index (Phi) is 4.63. The van der Waals surface area contributed by atoms with Crippen LogP contribution >= 0.6 is 0 Å². The quantitative estimate of drug-likeness (QED) is 0.815. The minimum absolute atomic E-state index is 0.0933. The molecule has 3 aliphatic rings. The van der Waals surface area contributed by atoms with E-state index in [-0.39, 0.29) is 25.2 Å². The fraction of sp³-hybridized carbons (Fsp3) is 0.522. The maximum absolute atomic E-state index is 12.0. The molecule has 0 saturated carbocycles. The van der Waals surface area contributed by atoms with Gasteiger partial charge in [0.05, 0.1) is 23.9 Å². The van der Waals surface area contributed by atoms with Crippen LogP contribution < -0.4 is 5.32 Å². The van der Waals surface area contributed by atoms with Gasteiger partial charge in [-0.3, -0.25) is 4.90 Å². The molecule has 0 radical (unpaired) electrons. The van der Waals surface area contributed by atoms with E-state index in [0.29, 0.717) is 6.04 Å². The zero-order valence-electron chi connectivity index (χ0n) is 17.0. The van der Waals surface area contributed by atoms with Crippen molar-refractivity contribution in [1.29, 1.82) is 0 Å². The van der Waals surface area contributed by atoms with Crippen molar-refractivity contribution in [3.63, 3.8) is 0 Å². The lowest BCUT2D eigenvalue weighted by molar-refractivity contribution is 0.0261. The number of piperidine rings is 1. The number of carbonyl (C=O) groups excluding carboxylic acids is 1. The number of alkyl carbamates (subject to hydrolysis) is 1. The summed E-state index contributed by atoms with van der Waals surface area (Å²) in [6, 6.07) is 9.02. The first kappa shape index (κ1) is 18.7. The zero-order chi connectivity index (χ0) is 20.0. The van der Waals surface area contributed by atoms with E-state index >= 15 is 0 Å². The Balaban J connectivity index is 1.63. The number of aliphatic hydroxyl groups excluding tert-OH is 1. The van der Waals surface area contributed by atoms with Crippen LogP contribution in [0.2, 0.25) is 0 Å². The van der Waals surface area contributed by atoms with Gasteiger partial charge >= 0.3 is 6.09 Å². The van der Waals surface area contributed by atoms with E-state index in [1.165, 1.54) is 35.0 Å². The summed E-state index contributed by atoms with van der Waals surface area (Å²) in [5.41, 5.74) is 5.24. The SMILES string of the molecule is CC[C@@]12C=C(COC(=O)NCCO)n3c4c(c5ccccc53)CCN(CCC1)[C@H]42. The van der Waals surface area contributed by atoms with Gasteiger partial charge < -0.3 is 19.7 Å². The molecule has 0 unspecified atom stereocenters. The molecule has 6 heteroatoms. The molecule has 1 saturated heterocycles. The molecule has 6 nitrogen and oxygen atoms in total. The van der Waals surface area contributed by atoms with Crippen LogP contribution in [-0.4, -0.2) is 53.5 Å². The van der Waals surface area contributed by atoms with Crippen LogP contribution in [0.5, 0.6) is 0 Å². The maximum Gasteiger partial charge on any atom is 0.407 e. The van der Waals surface area contributed by atoms with Crippen molar-refractivity contribution >= 4 is 22.7 Å². The van der Waals surface area contributed by atoms with Crippen molar-refractivity contribution in [3.8, 4) is 0 Å². The Morgan fingerprint density at radius 3 is 3.03 bits per heavy atom. The number of aromatic nitrogens is 1. The molecule has 1 fully saturated rings. The molecule has 1 amide bonds. The van der Waals surface area contributed by atoms with Gasteiger partial charge in [0.2, 0.25) is 0 Å². The monoisotopic (exact) mass is 395 g/mol. The van der Waals surface area contributed by atoms with Gasteiger partial charge in [0.25, 0.3) is 0 Å². The number of ether oxygens (including phenoxy) is 1. The Hall–Kier alpha value is -2.31. The Morgan fingerprint density at radius 2 is 2.21 bits per heavy atom. The van der Waals surface area contributed by atoms with Crippen LogP contribution in [0, 0.1) is 5.41 Å². The number of aliphatic hydroxyl groups is 1. The van der Waals surface area contributed by atoms with Gasteiger partial charge in [0, 0.05) is 29.6 Å². The minimum Gasteiger partial charge on any atom is -0.443 e. The van der Waals surface area contributed by atoms with Crippen LogP contribution in [0.3, 0.4) is 0 Å². The normalized spacial score (nSPS) is 25.4. The fourth-order valence-electron chi connectivity index (χ4n) is 5.84. The number of rotatable bonds is 5. The van der Waals surface area contributed by atoms with E-state index in [9.17, 15) is 4.79 Å². The highest BCUT2D eigenvalue weighted by Crippen LogP contribution is 2.56. The standard InChI is InChI=1S/C23H29N3O3/c1-2-23-9-5-11-25-12-8-18-17-6-3-4-7-19(17)26(20(18)21(23)25)16(14-23)15-29-22(28)24-10-13-27/h3-4,6-7,14,21,27H,2,5,8-13,15H2,1H3,(H,24,28)/t21-,23+/m1/s1. The van der Waals surface area contributed by atoms with Gasteiger partial charge in [-0.15, -0.1) is 0 Å². The van der Waals surface area contributed by atoms with Crippen molar-refractivity contribution < 1.29 is 14.6 Å². The summed E-state index contributed by atoms with van der Waals surface area (Å²) in [6.45, 7) is 4.92. The number of amides is 1. The van der Waals surface area contributed by atoms with E-state index in [1.807, 2.05) is 0 Å². The maximum atomic E-state index is 12.0. The zero-order valence-corrected chi connectivity index (χ0v) is 17.0. The number of hydrogen-bond acceptors (Lipinski definition) is 4. The van der Waals surface area contributed by atoms with Gasteiger partial charge in [-0.1, -0.05) is 31.2 Å². The van der Waals surface area contributed by atoms with Gasteiger partial charge in [-0.25, -0.2) is 4.79 Å². The molecule has 0 aliphatic carbocycles. The second-order valence-corrected chi connectivity index (χ2v) is 8.46. The van der Waals surface area contributed by atoms with Crippen LogP contribution in [-0.2, 0) is 11.2 Å². The highest BCUT2D eigenvalue weighted by Gasteiger charge is 2.50. The van der Waals surface area contributed by atoms with Gasteiger partial charge in [0.15, 0.2) is 0 Å². The Labute approximate surface area is 171 Å². The fourth-order valence-corrected chi connectivity index (χ4v) is 5.84. The lowest BCUT2D eigenvalue weighted by Gasteiger charge is -2.53. The van der Waals surface area contributed by atoms with Crippen molar-refractivity contribution in [2.24, 2.45) is 5.41 Å². The smallest absolute Gasteiger partial charge is 0.407 e. The third-order valence-corrected chi connectivity index (χ3v) is 7.06. The molecule has 2 N–H and O–H groups in total. The lowest BCUT2D eigenvalue weighted by Crippen LogP contribution is -2.50. The van der Waals surface area contributed by atoms with Crippen LogP contribution in [0.4, 0.5) is 4.79 Å². The average Bonchev–Trinajstić information content (AvgIpc) is 3.10. The Morgan fingerprint density at radius 1 is 1.34 bits per heavy atom. The molecule has 2 aromatic rings. The van der Waals surface area contributed by atoms with Crippen LogP contribution in [0.15, 0.2) is 30.3 Å². The molecule has 3 aliphatic heterocycles. The third-order valence-electron chi connectivity index (χ3n) is 7.06. The van der Waals surface area contributed by atoms with E-state index in [2.05, 4.69) is 52.0 Å². The third kappa shape index (κ3) is 2.81. The largest absolute Gasteiger partial charge is 0.443 e. The van der Waals surface area contributed by atoms with Crippen molar-refractivity contribution in [2.75, 3.05) is 32.8 Å². The van der Waals surface area contributed by atoms with Crippen molar-refractivity contribution in [3.05, 3.63) is 41.6 Å². The second-order valence-electron chi connectivity index (χ2n) is 8.46. The summed E-state index contributed by atoms with van der Waals surface area (Å²) in [5.74, 6) is 0.